The van der Waals surface area contributed by atoms with E-state index in [9.17, 15) is 4.79 Å². The lowest BCUT2D eigenvalue weighted by Crippen LogP contribution is -2.50. The van der Waals surface area contributed by atoms with Crippen molar-refractivity contribution in [3.8, 4) is 0 Å². The number of rotatable bonds is 3. The molecular formula is C16H25N3O. The van der Waals surface area contributed by atoms with E-state index in [0.717, 1.165) is 44.0 Å². The predicted octanol–water partition coefficient (Wildman–Crippen LogP) is 2.86. The summed E-state index contributed by atoms with van der Waals surface area (Å²) in [6, 6.07) is 6.13. The number of piperazine rings is 1. The summed E-state index contributed by atoms with van der Waals surface area (Å²) >= 11 is 0. The molecule has 1 N–H and O–H groups in total. The summed E-state index contributed by atoms with van der Waals surface area (Å²) in [5, 5.41) is 3.02. The van der Waals surface area contributed by atoms with Gasteiger partial charge >= 0.3 is 6.03 Å². The highest BCUT2D eigenvalue weighted by molar-refractivity contribution is 5.90. The van der Waals surface area contributed by atoms with E-state index in [1.807, 2.05) is 24.0 Å². The fourth-order valence-corrected chi connectivity index (χ4v) is 2.64. The normalized spacial score (nSPS) is 16.2. The van der Waals surface area contributed by atoms with E-state index in [2.05, 4.69) is 30.1 Å². The number of benzene rings is 1. The molecule has 1 fully saturated rings. The van der Waals surface area contributed by atoms with Gasteiger partial charge in [0.15, 0.2) is 0 Å². The molecule has 2 amide bonds. The molecule has 4 nitrogen and oxygen atoms in total. The molecule has 110 valence electrons. The molecule has 1 aliphatic rings. The first-order valence-corrected chi connectivity index (χ1v) is 7.45. The topological polar surface area (TPSA) is 35.6 Å². The van der Waals surface area contributed by atoms with E-state index < -0.39 is 0 Å². The van der Waals surface area contributed by atoms with Crippen LogP contribution >= 0.6 is 0 Å². The van der Waals surface area contributed by atoms with Crippen molar-refractivity contribution in [2.24, 2.45) is 0 Å². The maximum atomic E-state index is 12.3. The Morgan fingerprint density at radius 1 is 1.20 bits per heavy atom. The lowest BCUT2D eigenvalue weighted by molar-refractivity contribution is 0.147. The number of nitrogens with one attached hydrogen (secondary N) is 1. The Kier molecular flexibility index (Phi) is 5.01. The van der Waals surface area contributed by atoms with Crippen LogP contribution in [0.4, 0.5) is 10.5 Å². The molecule has 0 unspecified atom stereocenters. The zero-order chi connectivity index (χ0) is 14.5. The van der Waals surface area contributed by atoms with E-state index >= 15 is 0 Å². The molecule has 0 saturated carbocycles. The first kappa shape index (κ1) is 14.9. The van der Waals surface area contributed by atoms with Crippen molar-refractivity contribution in [3.63, 3.8) is 0 Å². The zero-order valence-electron chi connectivity index (χ0n) is 12.8. The van der Waals surface area contributed by atoms with Gasteiger partial charge in [-0.15, -0.1) is 0 Å². The van der Waals surface area contributed by atoms with Crippen molar-refractivity contribution in [1.82, 2.24) is 9.80 Å². The molecule has 4 heteroatoms. The average molecular weight is 275 g/mol. The van der Waals surface area contributed by atoms with Crippen molar-refractivity contribution < 1.29 is 4.79 Å². The quantitative estimate of drug-likeness (QED) is 0.920. The van der Waals surface area contributed by atoms with Crippen LogP contribution in [0.3, 0.4) is 0 Å². The van der Waals surface area contributed by atoms with Crippen LogP contribution in [0, 0.1) is 13.8 Å². The van der Waals surface area contributed by atoms with Gasteiger partial charge in [-0.1, -0.05) is 24.6 Å². The molecule has 1 aromatic rings. The molecule has 0 atom stereocenters. The van der Waals surface area contributed by atoms with Gasteiger partial charge < -0.3 is 10.2 Å². The number of hydrogen-bond acceptors (Lipinski definition) is 2. The van der Waals surface area contributed by atoms with Crippen molar-refractivity contribution >= 4 is 11.7 Å². The van der Waals surface area contributed by atoms with E-state index in [-0.39, 0.29) is 6.03 Å². The highest BCUT2D eigenvalue weighted by Gasteiger charge is 2.20. The summed E-state index contributed by atoms with van der Waals surface area (Å²) in [4.78, 5) is 16.6. The lowest BCUT2D eigenvalue weighted by Gasteiger charge is -2.34. The third-order valence-electron chi connectivity index (χ3n) is 3.82. The van der Waals surface area contributed by atoms with Crippen LogP contribution in [0.25, 0.3) is 0 Å². The van der Waals surface area contributed by atoms with Crippen LogP contribution in [0.2, 0.25) is 0 Å². The highest BCUT2D eigenvalue weighted by atomic mass is 16.2. The van der Waals surface area contributed by atoms with Gasteiger partial charge in [-0.3, -0.25) is 4.90 Å². The third-order valence-corrected chi connectivity index (χ3v) is 3.82. The second-order valence-electron chi connectivity index (χ2n) is 5.58. The molecular weight excluding hydrogens is 250 g/mol. The molecule has 0 radical (unpaired) electrons. The molecule has 1 aromatic carbocycles. The minimum atomic E-state index is 0.0214. The number of aryl methyl sites for hydroxylation is 2. The number of amides is 2. The minimum Gasteiger partial charge on any atom is -0.322 e. The van der Waals surface area contributed by atoms with Gasteiger partial charge in [0, 0.05) is 31.9 Å². The number of carbonyl (C=O) groups excluding carboxylic acids is 1. The second kappa shape index (κ2) is 6.75. The standard InChI is InChI=1S/C16H25N3O/c1-4-7-18-8-10-19(11-9-18)16(20)17-15-6-5-13(2)12-14(15)3/h5-6,12H,4,7-11H2,1-3H3,(H,17,20). The molecule has 20 heavy (non-hydrogen) atoms. The van der Waals surface area contributed by atoms with Crippen molar-refractivity contribution in [1.29, 1.82) is 0 Å². The molecule has 0 aliphatic carbocycles. The van der Waals surface area contributed by atoms with Gasteiger partial charge in [0.05, 0.1) is 0 Å². The lowest BCUT2D eigenvalue weighted by atomic mass is 10.1. The molecule has 0 bridgehead atoms. The summed E-state index contributed by atoms with van der Waals surface area (Å²) in [6.45, 7) is 11.0. The van der Waals surface area contributed by atoms with E-state index in [1.165, 1.54) is 12.0 Å². The van der Waals surface area contributed by atoms with Crippen LogP contribution in [-0.2, 0) is 0 Å². The van der Waals surface area contributed by atoms with Gasteiger partial charge in [0.1, 0.15) is 0 Å². The Bertz CT molecular complexity index is 465. The molecule has 0 aromatic heterocycles. The summed E-state index contributed by atoms with van der Waals surface area (Å²) in [5.74, 6) is 0. The Morgan fingerprint density at radius 2 is 1.90 bits per heavy atom. The highest BCUT2D eigenvalue weighted by Crippen LogP contribution is 2.17. The molecule has 1 aliphatic heterocycles. The van der Waals surface area contributed by atoms with Gasteiger partial charge in [-0.2, -0.15) is 0 Å². The van der Waals surface area contributed by atoms with Crippen LogP contribution in [0.15, 0.2) is 18.2 Å². The van der Waals surface area contributed by atoms with Crippen LogP contribution in [-0.4, -0.2) is 48.6 Å². The fourth-order valence-electron chi connectivity index (χ4n) is 2.64. The van der Waals surface area contributed by atoms with E-state index in [1.54, 1.807) is 0 Å². The number of urea groups is 1. The summed E-state index contributed by atoms with van der Waals surface area (Å²) < 4.78 is 0. The Labute approximate surface area is 121 Å². The summed E-state index contributed by atoms with van der Waals surface area (Å²) in [6.07, 6.45) is 1.18. The molecule has 2 rings (SSSR count). The number of nitrogens with zero attached hydrogens (tertiary/aromatic N) is 2. The second-order valence-corrected chi connectivity index (χ2v) is 5.58. The van der Waals surface area contributed by atoms with Gasteiger partial charge in [0.2, 0.25) is 0 Å². The first-order chi connectivity index (χ1) is 9.60. The monoisotopic (exact) mass is 275 g/mol. The van der Waals surface area contributed by atoms with E-state index in [0.29, 0.717) is 0 Å². The van der Waals surface area contributed by atoms with Gasteiger partial charge in [-0.25, -0.2) is 4.79 Å². The maximum Gasteiger partial charge on any atom is 0.321 e. The number of hydrogen-bond donors (Lipinski definition) is 1. The van der Waals surface area contributed by atoms with Gasteiger partial charge in [0.25, 0.3) is 0 Å². The van der Waals surface area contributed by atoms with Crippen molar-refractivity contribution in [2.45, 2.75) is 27.2 Å². The molecule has 1 heterocycles. The minimum absolute atomic E-state index is 0.0214. The summed E-state index contributed by atoms with van der Waals surface area (Å²) in [5.41, 5.74) is 3.24. The van der Waals surface area contributed by atoms with Crippen molar-refractivity contribution in [3.05, 3.63) is 29.3 Å². The fraction of sp³-hybridized carbons (Fsp3) is 0.562. The Hall–Kier alpha value is -1.55. The number of carbonyl (C=O) groups is 1. The van der Waals surface area contributed by atoms with E-state index in [4.69, 9.17) is 0 Å². The smallest absolute Gasteiger partial charge is 0.321 e. The average Bonchev–Trinajstić information content (AvgIpc) is 2.43. The Balaban J connectivity index is 1.89. The van der Waals surface area contributed by atoms with Crippen molar-refractivity contribution in [2.75, 3.05) is 38.0 Å². The van der Waals surface area contributed by atoms with Crippen LogP contribution in [0.5, 0.6) is 0 Å². The summed E-state index contributed by atoms with van der Waals surface area (Å²) in [7, 11) is 0. The first-order valence-electron chi connectivity index (χ1n) is 7.45. The SMILES string of the molecule is CCCN1CCN(C(=O)Nc2ccc(C)cc2C)CC1. The van der Waals surface area contributed by atoms with Gasteiger partial charge in [-0.05, 0) is 38.4 Å². The maximum absolute atomic E-state index is 12.3. The largest absolute Gasteiger partial charge is 0.322 e. The predicted molar refractivity (Wildman–Crippen MR) is 83.2 cm³/mol. The molecule has 1 saturated heterocycles. The molecule has 0 spiro atoms. The van der Waals surface area contributed by atoms with Crippen LogP contribution in [0.1, 0.15) is 24.5 Å². The number of anilines is 1. The Morgan fingerprint density at radius 3 is 2.50 bits per heavy atom. The zero-order valence-corrected chi connectivity index (χ0v) is 12.8. The third kappa shape index (κ3) is 3.73. The van der Waals surface area contributed by atoms with Crippen LogP contribution < -0.4 is 5.32 Å².